The highest BCUT2D eigenvalue weighted by Crippen LogP contribution is 2.38. The molecule has 2 N–H and O–H groups in total. The SMILES string of the molecule is CCn1nc(C)c(Cl)c1CC1(N)CC(C)CCC1C. The lowest BCUT2D eigenvalue weighted by Crippen LogP contribution is -2.52. The second-order valence-corrected chi connectivity index (χ2v) is 6.74. The first-order chi connectivity index (χ1) is 8.87. The summed E-state index contributed by atoms with van der Waals surface area (Å²) in [6, 6.07) is 0. The van der Waals surface area contributed by atoms with Crippen molar-refractivity contribution in [3.8, 4) is 0 Å². The molecule has 1 fully saturated rings. The number of aromatic nitrogens is 2. The molecule has 0 aliphatic heterocycles. The topological polar surface area (TPSA) is 43.8 Å². The van der Waals surface area contributed by atoms with Gasteiger partial charge in [-0.15, -0.1) is 0 Å². The quantitative estimate of drug-likeness (QED) is 0.922. The third-order valence-corrected chi connectivity index (χ3v) is 5.24. The number of hydrogen-bond acceptors (Lipinski definition) is 2. The first-order valence-corrected chi connectivity index (χ1v) is 7.75. The van der Waals surface area contributed by atoms with Gasteiger partial charge in [0.05, 0.1) is 16.4 Å². The lowest BCUT2D eigenvalue weighted by atomic mass is 9.68. The van der Waals surface area contributed by atoms with Crippen LogP contribution in [0.4, 0.5) is 0 Å². The minimum absolute atomic E-state index is 0.138. The van der Waals surface area contributed by atoms with E-state index in [9.17, 15) is 0 Å². The number of nitrogens with zero attached hydrogens (tertiary/aromatic N) is 2. The Balaban J connectivity index is 2.28. The van der Waals surface area contributed by atoms with E-state index in [1.165, 1.54) is 12.8 Å². The minimum atomic E-state index is -0.138. The molecule has 0 bridgehead atoms. The molecule has 1 saturated carbocycles. The van der Waals surface area contributed by atoms with Gasteiger partial charge >= 0.3 is 0 Å². The molecule has 1 aromatic rings. The van der Waals surface area contributed by atoms with Crippen molar-refractivity contribution >= 4 is 11.6 Å². The monoisotopic (exact) mass is 283 g/mol. The Morgan fingerprint density at radius 1 is 1.42 bits per heavy atom. The molecular weight excluding hydrogens is 258 g/mol. The third-order valence-electron chi connectivity index (χ3n) is 4.75. The molecule has 0 saturated heterocycles. The molecule has 4 heteroatoms. The van der Waals surface area contributed by atoms with Crippen LogP contribution in [0.25, 0.3) is 0 Å². The molecular formula is C15H26ClN3. The normalized spacial score (nSPS) is 31.7. The molecule has 0 spiro atoms. The minimum Gasteiger partial charge on any atom is -0.324 e. The van der Waals surface area contributed by atoms with Gasteiger partial charge in [0.25, 0.3) is 0 Å². The predicted molar refractivity (Wildman–Crippen MR) is 80.4 cm³/mol. The van der Waals surface area contributed by atoms with Crippen molar-refractivity contribution in [3.05, 3.63) is 16.4 Å². The maximum absolute atomic E-state index is 6.73. The van der Waals surface area contributed by atoms with Crippen LogP contribution in [0.15, 0.2) is 0 Å². The zero-order valence-electron chi connectivity index (χ0n) is 12.5. The van der Waals surface area contributed by atoms with E-state index in [-0.39, 0.29) is 5.54 Å². The summed E-state index contributed by atoms with van der Waals surface area (Å²) in [5, 5.41) is 5.30. The summed E-state index contributed by atoms with van der Waals surface area (Å²) in [6.45, 7) is 9.50. The Morgan fingerprint density at radius 3 is 2.74 bits per heavy atom. The lowest BCUT2D eigenvalue weighted by Gasteiger charge is -2.42. The highest BCUT2D eigenvalue weighted by atomic mass is 35.5. The van der Waals surface area contributed by atoms with Gasteiger partial charge < -0.3 is 5.73 Å². The van der Waals surface area contributed by atoms with Crippen LogP contribution in [0.5, 0.6) is 0 Å². The van der Waals surface area contributed by atoms with Crippen molar-refractivity contribution in [1.82, 2.24) is 9.78 Å². The molecule has 3 nitrogen and oxygen atoms in total. The lowest BCUT2D eigenvalue weighted by molar-refractivity contribution is 0.158. The van der Waals surface area contributed by atoms with Gasteiger partial charge in [-0.05, 0) is 38.5 Å². The highest BCUT2D eigenvalue weighted by Gasteiger charge is 2.38. The number of hydrogen-bond donors (Lipinski definition) is 1. The van der Waals surface area contributed by atoms with Crippen LogP contribution in [0.3, 0.4) is 0 Å². The van der Waals surface area contributed by atoms with E-state index in [0.29, 0.717) is 11.8 Å². The maximum Gasteiger partial charge on any atom is 0.0847 e. The van der Waals surface area contributed by atoms with Gasteiger partial charge in [0.2, 0.25) is 0 Å². The second kappa shape index (κ2) is 5.45. The Labute approximate surface area is 121 Å². The highest BCUT2D eigenvalue weighted by molar-refractivity contribution is 6.31. The van der Waals surface area contributed by atoms with Crippen molar-refractivity contribution in [2.45, 2.75) is 65.5 Å². The maximum atomic E-state index is 6.73. The number of rotatable bonds is 3. The van der Waals surface area contributed by atoms with E-state index in [4.69, 9.17) is 17.3 Å². The largest absolute Gasteiger partial charge is 0.324 e. The van der Waals surface area contributed by atoms with Gasteiger partial charge in [0.15, 0.2) is 0 Å². The molecule has 1 heterocycles. The van der Waals surface area contributed by atoms with Crippen LogP contribution in [0.1, 0.15) is 51.4 Å². The van der Waals surface area contributed by atoms with Gasteiger partial charge in [-0.1, -0.05) is 31.9 Å². The summed E-state index contributed by atoms with van der Waals surface area (Å²) in [5.74, 6) is 1.25. The van der Waals surface area contributed by atoms with Crippen LogP contribution in [0.2, 0.25) is 5.02 Å². The van der Waals surface area contributed by atoms with Crippen LogP contribution >= 0.6 is 11.6 Å². The van der Waals surface area contributed by atoms with Gasteiger partial charge in [0, 0.05) is 18.5 Å². The van der Waals surface area contributed by atoms with E-state index >= 15 is 0 Å². The van der Waals surface area contributed by atoms with Crippen LogP contribution in [0, 0.1) is 18.8 Å². The molecule has 3 unspecified atom stereocenters. The summed E-state index contributed by atoms with van der Waals surface area (Å²) in [4.78, 5) is 0. The van der Waals surface area contributed by atoms with Gasteiger partial charge in [-0.3, -0.25) is 4.68 Å². The van der Waals surface area contributed by atoms with Crippen molar-refractivity contribution in [2.75, 3.05) is 0 Å². The number of nitrogens with two attached hydrogens (primary N) is 1. The Hall–Kier alpha value is -0.540. The van der Waals surface area contributed by atoms with Crippen molar-refractivity contribution in [1.29, 1.82) is 0 Å². The summed E-state index contributed by atoms with van der Waals surface area (Å²) >= 11 is 6.42. The average molecular weight is 284 g/mol. The van der Waals surface area contributed by atoms with E-state index < -0.39 is 0 Å². The zero-order valence-corrected chi connectivity index (χ0v) is 13.3. The molecule has 2 rings (SSSR count). The third kappa shape index (κ3) is 2.82. The Bertz CT molecular complexity index is 454. The summed E-state index contributed by atoms with van der Waals surface area (Å²) in [7, 11) is 0. The molecule has 0 amide bonds. The van der Waals surface area contributed by atoms with Gasteiger partial charge in [-0.25, -0.2) is 0 Å². The predicted octanol–water partition coefficient (Wildman–Crippen LogP) is 3.56. The van der Waals surface area contributed by atoms with Gasteiger partial charge in [-0.2, -0.15) is 5.10 Å². The standard InChI is InChI=1S/C15H26ClN3/c1-5-19-13(14(16)12(4)18-19)9-15(17)8-10(2)6-7-11(15)3/h10-11H,5-9,17H2,1-4H3. The summed E-state index contributed by atoms with van der Waals surface area (Å²) in [5.41, 5.74) is 8.62. The van der Waals surface area contributed by atoms with Crippen molar-refractivity contribution in [3.63, 3.8) is 0 Å². The molecule has 1 aliphatic rings. The second-order valence-electron chi connectivity index (χ2n) is 6.36. The van der Waals surface area contributed by atoms with Crippen LogP contribution < -0.4 is 5.73 Å². The Morgan fingerprint density at radius 2 is 2.11 bits per heavy atom. The molecule has 0 aromatic carbocycles. The van der Waals surface area contributed by atoms with Crippen molar-refractivity contribution in [2.24, 2.45) is 17.6 Å². The molecule has 1 aromatic heterocycles. The molecule has 3 atom stereocenters. The fourth-order valence-corrected chi connectivity index (χ4v) is 3.57. The summed E-state index contributed by atoms with van der Waals surface area (Å²) < 4.78 is 2.01. The molecule has 108 valence electrons. The van der Waals surface area contributed by atoms with Crippen LogP contribution in [-0.2, 0) is 13.0 Å². The van der Waals surface area contributed by atoms with E-state index in [0.717, 1.165) is 35.8 Å². The zero-order chi connectivity index (χ0) is 14.2. The molecule has 0 radical (unpaired) electrons. The van der Waals surface area contributed by atoms with E-state index in [1.807, 2.05) is 11.6 Å². The van der Waals surface area contributed by atoms with Gasteiger partial charge in [0.1, 0.15) is 0 Å². The average Bonchev–Trinajstić information content (AvgIpc) is 2.62. The first kappa shape index (κ1) is 14.9. The Kier molecular flexibility index (Phi) is 4.26. The fraction of sp³-hybridized carbons (Fsp3) is 0.800. The van der Waals surface area contributed by atoms with Crippen LogP contribution in [-0.4, -0.2) is 15.3 Å². The van der Waals surface area contributed by atoms with Crippen molar-refractivity contribution < 1.29 is 0 Å². The molecule has 19 heavy (non-hydrogen) atoms. The number of aryl methyl sites for hydroxylation is 2. The summed E-state index contributed by atoms with van der Waals surface area (Å²) in [6.07, 6.45) is 4.43. The first-order valence-electron chi connectivity index (χ1n) is 7.38. The van der Waals surface area contributed by atoms with E-state index in [2.05, 4.69) is 25.9 Å². The fourth-order valence-electron chi connectivity index (χ4n) is 3.37. The smallest absolute Gasteiger partial charge is 0.0847 e. The van der Waals surface area contributed by atoms with E-state index in [1.54, 1.807) is 0 Å². The number of halogens is 1. The molecule has 1 aliphatic carbocycles.